The fourth-order valence-electron chi connectivity index (χ4n) is 3.23. The lowest BCUT2D eigenvalue weighted by Crippen LogP contribution is -1.99. The number of nitro benzene ring substituents is 1. The van der Waals surface area contributed by atoms with Crippen molar-refractivity contribution in [3.05, 3.63) is 68.3 Å². The monoisotopic (exact) mass is 377 g/mol. The summed E-state index contributed by atoms with van der Waals surface area (Å²) in [4.78, 5) is 16.2. The molecule has 0 atom stereocenters. The van der Waals surface area contributed by atoms with E-state index in [2.05, 4.69) is 11.1 Å². The number of aliphatic imine (C=N–C) groups is 1. The minimum Gasteiger partial charge on any atom is -0.455 e. The van der Waals surface area contributed by atoms with Crippen LogP contribution in [0.2, 0.25) is 0 Å². The van der Waals surface area contributed by atoms with Gasteiger partial charge in [0.25, 0.3) is 5.69 Å². The van der Waals surface area contributed by atoms with E-state index in [1.807, 2.05) is 0 Å². The van der Waals surface area contributed by atoms with Crippen LogP contribution in [0.15, 0.2) is 45.8 Å². The molecule has 0 amide bonds. The summed E-state index contributed by atoms with van der Waals surface area (Å²) in [5.74, 6) is 1.07. The van der Waals surface area contributed by atoms with E-state index < -0.39 is 4.92 Å². The quantitative estimate of drug-likeness (QED) is 0.345. The van der Waals surface area contributed by atoms with Gasteiger partial charge in [0.15, 0.2) is 0 Å². The first-order valence-electron chi connectivity index (χ1n) is 8.59. The van der Waals surface area contributed by atoms with Gasteiger partial charge in [-0.3, -0.25) is 10.1 Å². The average Bonchev–Trinajstić information content (AvgIpc) is 3.30. The Morgan fingerprint density at radius 3 is 2.93 bits per heavy atom. The third-order valence-electron chi connectivity index (χ3n) is 4.54. The van der Waals surface area contributed by atoms with Gasteiger partial charge in [0.2, 0.25) is 0 Å². The van der Waals surface area contributed by atoms with Crippen molar-refractivity contribution in [2.75, 3.05) is 0 Å². The minimum atomic E-state index is -0.434. The molecule has 27 heavy (non-hydrogen) atoms. The Morgan fingerprint density at radius 2 is 2.11 bits per heavy atom. The summed E-state index contributed by atoms with van der Waals surface area (Å²) in [6.07, 6.45) is 5.83. The molecule has 0 spiro atoms. The van der Waals surface area contributed by atoms with Crippen molar-refractivity contribution in [3.63, 3.8) is 0 Å². The lowest BCUT2D eigenvalue weighted by Gasteiger charge is -2.09. The Bertz CT molecular complexity index is 1090. The molecule has 2 heterocycles. The molecule has 0 saturated heterocycles. The largest absolute Gasteiger partial charge is 0.455 e. The van der Waals surface area contributed by atoms with Crippen LogP contribution < -0.4 is 0 Å². The molecule has 0 aliphatic heterocycles. The fraction of sp³-hybridized carbons (Fsp3) is 0.200. The van der Waals surface area contributed by atoms with Gasteiger partial charge < -0.3 is 4.42 Å². The van der Waals surface area contributed by atoms with Gasteiger partial charge in [-0.2, -0.15) is 5.26 Å². The number of fused-ring (bicyclic) bond motifs is 1. The first kappa shape index (κ1) is 17.2. The first-order valence-corrected chi connectivity index (χ1v) is 9.40. The zero-order valence-corrected chi connectivity index (χ0v) is 15.2. The molecule has 0 fully saturated rings. The van der Waals surface area contributed by atoms with Crippen molar-refractivity contribution < 1.29 is 9.34 Å². The van der Waals surface area contributed by atoms with E-state index in [-0.39, 0.29) is 5.69 Å². The Hall–Kier alpha value is -3.24. The van der Waals surface area contributed by atoms with Crippen LogP contribution in [-0.4, -0.2) is 11.1 Å². The zero-order valence-electron chi connectivity index (χ0n) is 14.3. The van der Waals surface area contributed by atoms with Crippen molar-refractivity contribution in [2.45, 2.75) is 25.7 Å². The molecule has 3 aromatic rings. The summed E-state index contributed by atoms with van der Waals surface area (Å²) in [6, 6.07) is 12.1. The molecule has 0 bridgehead atoms. The number of non-ortho nitro benzene ring substituents is 1. The summed E-state index contributed by atoms with van der Waals surface area (Å²) in [5.41, 5.74) is 2.48. The number of hydrogen-bond acceptors (Lipinski definition) is 6. The highest BCUT2D eigenvalue weighted by atomic mass is 32.1. The predicted octanol–water partition coefficient (Wildman–Crippen LogP) is 5.42. The van der Waals surface area contributed by atoms with Gasteiger partial charge in [-0.05, 0) is 43.4 Å². The number of thiophene rings is 1. The van der Waals surface area contributed by atoms with E-state index in [0.717, 1.165) is 36.2 Å². The number of benzene rings is 1. The first-order chi connectivity index (χ1) is 13.2. The topological polar surface area (TPSA) is 92.4 Å². The molecule has 0 saturated carbocycles. The lowest BCUT2D eigenvalue weighted by atomic mass is 9.96. The Morgan fingerprint density at radius 1 is 1.26 bits per heavy atom. The molecule has 1 aromatic carbocycles. The second-order valence-electron chi connectivity index (χ2n) is 6.27. The van der Waals surface area contributed by atoms with E-state index in [1.165, 1.54) is 17.0 Å². The number of aryl methyl sites for hydroxylation is 1. The standard InChI is InChI=1S/C20H15N3O3S/c21-11-17-16-6-1-2-7-19(16)27-20(17)22-12-15-8-9-18(26-15)13-4-3-5-14(10-13)23(24)25/h3-5,8-10,12H,1-2,6-7H2. The number of furan rings is 1. The molecule has 0 N–H and O–H groups in total. The van der Waals surface area contributed by atoms with E-state index >= 15 is 0 Å². The summed E-state index contributed by atoms with van der Waals surface area (Å²) >= 11 is 1.58. The number of rotatable bonds is 4. The van der Waals surface area contributed by atoms with Gasteiger partial charge in [-0.1, -0.05) is 12.1 Å². The Kier molecular flexibility index (Phi) is 4.57. The molecule has 1 aliphatic rings. The van der Waals surface area contributed by atoms with Gasteiger partial charge >= 0.3 is 0 Å². The normalized spacial score (nSPS) is 13.4. The molecule has 1 aliphatic carbocycles. The van der Waals surface area contributed by atoms with Crippen LogP contribution in [0.3, 0.4) is 0 Å². The molecule has 6 nitrogen and oxygen atoms in total. The number of nitriles is 1. The highest BCUT2D eigenvalue weighted by Gasteiger charge is 2.20. The summed E-state index contributed by atoms with van der Waals surface area (Å²) in [7, 11) is 0. The highest BCUT2D eigenvalue weighted by molar-refractivity contribution is 7.16. The van der Waals surface area contributed by atoms with Crippen molar-refractivity contribution in [1.82, 2.24) is 0 Å². The van der Waals surface area contributed by atoms with Crippen LogP contribution in [0.5, 0.6) is 0 Å². The number of hydrogen-bond donors (Lipinski definition) is 0. The van der Waals surface area contributed by atoms with Crippen molar-refractivity contribution in [2.24, 2.45) is 4.99 Å². The van der Waals surface area contributed by atoms with Gasteiger partial charge in [-0.15, -0.1) is 11.3 Å². The van der Waals surface area contributed by atoms with Gasteiger partial charge in [-0.25, -0.2) is 4.99 Å². The third-order valence-corrected chi connectivity index (χ3v) is 5.74. The smallest absolute Gasteiger partial charge is 0.270 e. The minimum absolute atomic E-state index is 0.0157. The van der Waals surface area contributed by atoms with Crippen LogP contribution >= 0.6 is 11.3 Å². The molecular weight excluding hydrogens is 362 g/mol. The second kappa shape index (κ2) is 7.17. The van der Waals surface area contributed by atoms with Crippen LogP contribution in [0.25, 0.3) is 11.3 Å². The molecule has 2 aromatic heterocycles. The summed E-state index contributed by atoms with van der Waals surface area (Å²) in [5, 5.41) is 21.1. The molecular formula is C20H15N3O3S. The maximum atomic E-state index is 10.9. The van der Waals surface area contributed by atoms with E-state index in [1.54, 1.807) is 41.8 Å². The van der Waals surface area contributed by atoms with E-state index in [0.29, 0.717) is 22.6 Å². The van der Waals surface area contributed by atoms with Crippen LogP contribution in [0.4, 0.5) is 10.7 Å². The van der Waals surface area contributed by atoms with Crippen LogP contribution in [0.1, 0.15) is 34.6 Å². The van der Waals surface area contributed by atoms with Crippen molar-refractivity contribution in [1.29, 1.82) is 5.26 Å². The Labute approximate surface area is 159 Å². The van der Waals surface area contributed by atoms with Crippen molar-refractivity contribution >= 4 is 28.2 Å². The van der Waals surface area contributed by atoms with Gasteiger partial charge in [0, 0.05) is 22.6 Å². The lowest BCUT2D eigenvalue weighted by molar-refractivity contribution is -0.384. The number of nitro groups is 1. The fourth-order valence-corrected chi connectivity index (χ4v) is 4.41. The van der Waals surface area contributed by atoms with E-state index in [4.69, 9.17) is 4.42 Å². The zero-order chi connectivity index (χ0) is 18.8. The second-order valence-corrected chi connectivity index (χ2v) is 7.35. The average molecular weight is 377 g/mol. The third kappa shape index (κ3) is 3.39. The highest BCUT2D eigenvalue weighted by Crippen LogP contribution is 2.39. The predicted molar refractivity (Wildman–Crippen MR) is 104 cm³/mol. The Balaban J connectivity index is 1.60. The molecule has 7 heteroatoms. The van der Waals surface area contributed by atoms with Gasteiger partial charge in [0.05, 0.1) is 16.7 Å². The van der Waals surface area contributed by atoms with Gasteiger partial charge in [0.1, 0.15) is 22.6 Å². The summed E-state index contributed by atoms with van der Waals surface area (Å²) < 4.78 is 5.75. The SMILES string of the molecule is N#Cc1c(N=Cc2ccc(-c3cccc([N+](=O)[O-])c3)o2)sc2c1CCCC2. The molecule has 134 valence electrons. The number of nitrogens with zero attached hydrogens (tertiary/aromatic N) is 3. The van der Waals surface area contributed by atoms with Crippen LogP contribution in [0, 0.1) is 21.4 Å². The van der Waals surface area contributed by atoms with Crippen molar-refractivity contribution in [3.8, 4) is 17.4 Å². The maximum Gasteiger partial charge on any atom is 0.270 e. The van der Waals surface area contributed by atoms with E-state index in [9.17, 15) is 15.4 Å². The van der Waals surface area contributed by atoms with Crippen LogP contribution in [-0.2, 0) is 12.8 Å². The summed E-state index contributed by atoms with van der Waals surface area (Å²) in [6.45, 7) is 0. The molecule has 4 rings (SSSR count). The molecule has 0 unspecified atom stereocenters. The molecule has 0 radical (unpaired) electrons. The maximum absolute atomic E-state index is 10.9.